The minimum absolute atomic E-state index is 0.113. The van der Waals surface area contributed by atoms with Gasteiger partial charge in [0.15, 0.2) is 0 Å². The Morgan fingerprint density at radius 2 is 2.64 bits per heavy atom. The maximum atomic E-state index is 11.5. The molecule has 1 amide bonds. The van der Waals surface area contributed by atoms with E-state index in [4.69, 9.17) is 10.00 Å². The lowest BCUT2D eigenvalue weighted by Crippen LogP contribution is -2.49. The Kier molecular flexibility index (Phi) is 4.36. The summed E-state index contributed by atoms with van der Waals surface area (Å²) >= 11 is 0. The number of nitriles is 1. The molecule has 78 valence electrons. The van der Waals surface area contributed by atoms with Crippen LogP contribution in [-0.4, -0.2) is 37.7 Å². The highest BCUT2D eigenvalue weighted by Gasteiger charge is 2.22. The summed E-state index contributed by atoms with van der Waals surface area (Å²) in [5.74, 6) is -0.139. The number of carbonyl (C=O) groups excluding carboxylic acids is 1. The fraction of sp³-hybridized carbons (Fsp3) is 0.778. The number of hydrogen-bond donors (Lipinski definition) is 2. The minimum atomic E-state index is -0.412. The highest BCUT2D eigenvalue weighted by Crippen LogP contribution is 1.97. The molecule has 1 fully saturated rings. The van der Waals surface area contributed by atoms with Gasteiger partial charge < -0.3 is 15.4 Å². The molecule has 2 atom stereocenters. The summed E-state index contributed by atoms with van der Waals surface area (Å²) in [5.41, 5.74) is 0. The van der Waals surface area contributed by atoms with E-state index in [0.29, 0.717) is 19.6 Å². The highest BCUT2D eigenvalue weighted by atomic mass is 16.5. The first kappa shape index (κ1) is 11.0. The SMILES string of the molecule is CC(CC#N)NC(=O)C1CNCCO1. The van der Waals surface area contributed by atoms with Gasteiger partial charge in [-0.1, -0.05) is 0 Å². The molecule has 2 unspecified atom stereocenters. The van der Waals surface area contributed by atoms with E-state index in [9.17, 15) is 4.79 Å². The number of carbonyl (C=O) groups is 1. The summed E-state index contributed by atoms with van der Waals surface area (Å²) < 4.78 is 5.26. The van der Waals surface area contributed by atoms with Crippen molar-refractivity contribution in [2.24, 2.45) is 0 Å². The van der Waals surface area contributed by atoms with Crippen LogP contribution in [-0.2, 0) is 9.53 Å². The standard InChI is InChI=1S/C9H15N3O2/c1-7(2-3-10)12-9(13)8-6-11-4-5-14-8/h7-8,11H,2,4-6H2,1H3,(H,12,13). The van der Waals surface area contributed by atoms with Crippen molar-refractivity contribution in [1.29, 1.82) is 5.26 Å². The van der Waals surface area contributed by atoms with Gasteiger partial charge in [0.1, 0.15) is 6.10 Å². The number of amides is 1. The van der Waals surface area contributed by atoms with E-state index in [2.05, 4.69) is 10.6 Å². The zero-order chi connectivity index (χ0) is 10.4. The van der Waals surface area contributed by atoms with Crippen LogP contribution >= 0.6 is 0 Å². The summed E-state index contributed by atoms with van der Waals surface area (Å²) in [4.78, 5) is 11.5. The normalized spacial score (nSPS) is 23.6. The van der Waals surface area contributed by atoms with Gasteiger partial charge in [0.25, 0.3) is 5.91 Å². The van der Waals surface area contributed by atoms with Gasteiger partial charge in [-0.3, -0.25) is 4.79 Å². The molecule has 0 aromatic carbocycles. The van der Waals surface area contributed by atoms with E-state index in [1.807, 2.05) is 6.07 Å². The molecule has 0 spiro atoms. The Morgan fingerprint density at radius 3 is 3.21 bits per heavy atom. The van der Waals surface area contributed by atoms with Crippen molar-refractivity contribution in [3.8, 4) is 6.07 Å². The molecular weight excluding hydrogens is 182 g/mol. The molecule has 1 aliphatic heterocycles. The number of ether oxygens (including phenoxy) is 1. The number of morpholine rings is 1. The molecule has 1 rings (SSSR count). The molecule has 5 nitrogen and oxygen atoms in total. The van der Waals surface area contributed by atoms with E-state index in [1.165, 1.54) is 0 Å². The number of hydrogen-bond acceptors (Lipinski definition) is 4. The zero-order valence-corrected chi connectivity index (χ0v) is 8.25. The summed E-state index contributed by atoms with van der Waals surface area (Å²) in [7, 11) is 0. The lowest BCUT2D eigenvalue weighted by molar-refractivity contribution is -0.134. The number of nitrogens with one attached hydrogen (secondary N) is 2. The average Bonchev–Trinajstić information content (AvgIpc) is 2.19. The molecule has 0 saturated carbocycles. The molecule has 5 heteroatoms. The van der Waals surface area contributed by atoms with Crippen LogP contribution in [0.3, 0.4) is 0 Å². The van der Waals surface area contributed by atoms with Crippen molar-refractivity contribution in [2.75, 3.05) is 19.7 Å². The van der Waals surface area contributed by atoms with Crippen molar-refractivity contribution >= 4 is 5.91 Å². The van der Waals surface area contributed by atoms with Crippen LogP contribution < -0.4 is 10.6 Å². The molecule has 0 aromatic rings. The Labute approximate surface area is 83.4 Å². The fourth-order valence-corrected chi connectivity index (χ4v) is 1.26. The largest absolute Gasteiger partial charge is 0.366 e. The van der Waals surface area contributed by atoms with Crippen LogP contribution in [0.4, 0.5) is 0 Å². The van der Waals surface area contributed by atoms with Crippen LogP contribution in [0.2, 0.25) is 0 Å². The predicted molar refractivity (Wildman–Crippen MR) is 50.4 cm³/mol. The Balaban J connectivity index is 2.30. The van der Waals surface area contributed by atoms with Crippen molar-refractivity contribution < 1.29 is 9.53 Å². The van der Waals surface area contributed by atoms with E-state index >= 15 is 0 Å². The summed E-state index contributed by atoms with van der Waals surface area (Å²) in [6.07, 6.45) is -0.0868. The fourth-order valence-electron chi connectivity index (χ4n) is 1.26. The topological polar surface area (TPSA) is 74.2 Å². The average molecular weight is 197 g/mol. The number of rotatable bonds is 3. The maximum Gasteiger partial charge on any atom is 0.250 e. The molecule has 1 saturated heterocycles. The molecule has 1 aliphatic rings. The van der Waals surface area contributed by atoms with Gasteiger partial charge in [-0.25, -0.2) is 0 Å². The molecular formula is C9H15N3O2. The van der Waals surface area contributed by atoms with Gasteiger partial charge in [-0.15, -0.1) is 0 Å². The first-order chi connectivity index (χ1) is 6.74. The zero-order valence-electron chi connectivity index (χ0n) is 8.25. The third-order valence-corrected chi connectivity index (χ3v) is 2.01. The molecule has 0 aromatic heterocycles. The quantitative estimate of drug-likeness (QED) is 0.633. The molecule has 0 radical (unpaired) electrons. The van der Waals surface area contributed by atoms with Crippen LogP contribution in [0.15, 0.2) is 0 Å². The van der Waals surface area contributed by atoms with Crippen molar-refractivity contribution in [2.45, 2.75) is 25.5 Å². The third-order valence-electron chi connectivity index (χ3n) is 2.01. The first-order valence-electron chi connectivity index (χ1n) is 4.73. The summed E-state index contributed by atoms with van der Waals surface area (Å²) in [6, 6.07) is 1.89. The summed E-state index contributed by atoms with van der Waals surface area (Å²) in [5, 5.41) is 14.2. The Hall–Kier alpha value is -1.12. The van der Waals surface area contributed by atoms with E-state index in [-0.39, 0.29) is 11.9 Å². The molecule has 1 heterocycles. The van der Waals surface area contributed by atoms with Gasteiger partial charge in [0.05, 0.1) is 19.1 Å². The Morgan fingerprint density at radius 1 is 1.86 bits per heavy atom. The van der Waals surface area contributed by atoms with Crippen LogP contribution in [0.25, 0.3) is 0 Å². The maximum absolute atomic E-state index is 11.5. The van der Waals surface area contributed by atoms with E-state index in [1.54, 1.807) is 6.92 Å². The molecule has 0 aliphatic carbocycles. The van der Waals surface area contributed by atoms with Crippen LogP contribution in [0.1, 0.15) is 13.3 Å². The third kappa shape index (κ3) is 3.32. The predicted octanol–water partition coefficient (Wildman–Crippen LogP) is -0.607. The molecule has 2 N–H and O–H groups in total. The second-order valence-corrected chi connectivity index (χ2v) is 3.34. The minimum Gasteiger partial charge on any atom is -0.366 e. The Bertz CT molecular complexity index is 231. The molecule has 0 bridgehead atoms. The smallest absolute Gasteiger partial charge is 0.250 e. The van der Waals surface area contributed by atoms with Crippen LogP contribution in [0.5, 0.6) is 0 Å². The monoisotopic (exact) mass is 197 g/mol. The second kappa shape index (κ2) is 5.58. The van der Waals surface area contributed by atoms with Crippen molar-refractivity contribution in [3.05, 3.63) is 0 Å². The van der Waals surface area contributed by atoms with Gasteiger partial charge in [-0.05, 0) is 6.92 Å². The van der Waals surface area contributed by atoms with Crippen molar-refractivity contribution in [3.63, 3.8) is 0 Å². The van der Waals surface area contributed by atoms with E-state index < -0.39 is 6.10 Å². The summed E-state index contributed by atoms with van der Waals surface area (Å²) in [6.45, 7) is 3.70. The first-order valence-corrected chi connectivity index (χ1v) is 4.73. The second-order valence-electron chi connectivity index (χ2n) is 3.34. The lowest BCUT2D eigenvalue weighted by atomic mass is 10.2. The van der Waals surface area contributed by atoms with Gasteiger partial charge in [-0.2, -0.15) is 5.26 Å². The van der Waals surface area contributed by atoms with Crippen LogP contribution in [0, 0.1) is 11.3 Å². The highest BCUT2D eigenvalue weighted by molar-refractivity contribution is 5.81. The number of nitrogens with zero attached hydrogens (tertiary/aromatic N) is 1. The van der Waals surface area contributed by atoms with Crippen molar-refractivity contribution in [1.82, 2.24) is 10.6 Å². The van der Waals surface area contributed by atoms with Gasteiger partial charge in [0.2, 0.25) is 0 Å². The molecule has 14 heavy (non-hydrogen) atoms. The lowest BCUT2D eigenvalue weighted by Gasteiger charge is -2.23. The van der Waals surface area contributed by atoms with Gasteiger partial charge >= 0.3 is 0 Å². The van der Waals surface area contributed by atoms with E-state index in [0.717, 1.165) is 6.54 Å². The van der Waals surface area contributed by atoms with Gasteiger partial charge in [0, 0.05) is 19.1 Å².